The first-order valence-electron chi connectivity index (χ1n) is 8.61. The fourth-order valence-corrected chi connectivity index (χ4v) is 4.50. The summed E-state index contributed by atoms with van der Waals surface area (Å²) < 4.78 is 11.5. The zero-order valence-electron chi connectivity index (χ0n) is 13.4. The lowest BCUT2D eigenvalue weighted by molar-refractivity contribution is 0.0767. The summed E-state index contributed by atoms with van der Waals surface area (Å²) in [6.45, 7) is 8.03. The van der Waals surface area contributed by atoms with Crippen molar-refractivity contribution in [1.29, 1.82) is 0 Å². The van der Waals surface area contributed by atoms with E-state index < -0.39 is 0 Å². The zero-order chi connectivity index (χ0) is 14.2. The van der Waals surface area contributed by atoms with Gasteiger partial charge in [0.2, 0.25) is 0 Å². The molecular weight excluding hydrogens is 393 g/mol. The highest BCUT2D eigenvalue weighted by Crippen LogP contribution is 2.47. The normalized spacial score (nSPS) is 40.0. The molecule has 0 aromatic rings. The van der Waals surface area contributed by atoms with Crippen molar-refractivity contribution in [3.63, 3.8) is 0 Å². The second-order valence-corrected chi connectivity index (χ2v) is 6.95. The van der Waals surface area contributed by atoms with Gasteiger partial charge in [0.25, 0.3) is 0 Å². The molecule has 2 bridgehead atoms. The third-order valence-corrected chi connectivity index (χ3v) is 5.61. The minimum atomic E-state index is 0. The quantitative estimate of drug-likeness (QED) is 0.428. The third kappa shape index (κ3) is 3.11. The van der Waals surface area contributed by atoms with E-state index in [0.717, 1.165) is 63.6 Å². The summed E-state index contributed by atoms with van der Waals surface area (Å²) in [7, 11) is 0. The summed E-state index contributed by atoms with van der Waals surface area (Å²) in [5, 5.41) is 3.48. The van der Waals surface area contributed by atoms with Gasteiger partial charge in [-0.05, 0) is 26.2 Å². The van der Waals surface area contributed by atoms with Gasteiger partial charge in [0, 0.05) is 50.5 Å². The Morgan fingerprint density at radius 2 is 1.91 bits per heavy atom. The Hall–Kier alpha value is -0.0800. The number of nitrogens with one attached hydrogen (secondary N) is 1. The van der Waals surface area contributed by atoms with Crippen molar-refractivity contribution in [3.05, 3.63) is 0 Å². The topological polar surface area (TPSA) is 46.1 Å². The van der Waals surface area contributed by atoms with Crippen LogP contribution in [-0.2, 0) is 9.47 Å². The van der Waals surface area contributed by atoms with E-state index in [1.807, 2.05) is 0 Å². The number of halogens is 1. The number of hydrogen-bond donors (Lipinski definition) is 1. The van der Waals surface area contributed by atoms with Crippen LogP contribution in [0.1, 0.15) is 26.2 Å². The van der Waals surface area contributed by atoms with Gasteiger partial charge in [0.1, 0.15) is 0 Å². The summed E-state index contributed by atoms with van der Waals surface area (Å²) in [5.41, 5.74) is 0. The van der Waals surface area contributed by atoms with Gasteiger partial charge in [-0.3, -0.25) is 4.99 Å². The van der Waals surface area contributed by atoms with Crippen molar-refractivity contribution in [1.82, 2.24) is 10.2 Å². The summed E-state index contributed by atoms with van der Waals surface area (Å²) in [6, 6.07) is 0. The highest BCUT2D eigenvalue weighted by Gasteiger charge is 2.53. The maximum absolute atomic E-state index is 6.07. The summed E-state index contributed by atoms with van der Waals surface area (Å²) in [4.78, 5) is 7.36. The van der Waals surface area contributed by atoms with Gasteiger partial charge in [-0.2, -0.15) is 0 Å². The molecule has 4 heterocycles. The van der Waals surface area contributed by atoms with Crippen LogP contribution in [0, 0.1) is 17.8 Å². The molecule has 0 aromatic heterocycles. The van der Waals surface area contributed by atoms with Crippen molar-refractivity contribution < 1.29 is 9.47 Å². The SMILES string of the molecule is CCNC(=NCC1CCOC1)N1CC2C3CCC(O3)C2C1.I. The molecule has 0 radical (unpaired) electrons. The molecule has 1 N–H and O–H groups in total. The van der Waals surface area contributed by atoms with Crippen molar-refractivity contribution in [2.75, 3.05) is 39.4 Å². The van der Waals surface area contributed by atoms with Gasteiger partial charge in [-0.1, -0.05) is 0 Å². The molecule has 4 rings (SSSR count). The number of ether oxygens (including phenoxy) is 2. The van der Waals surface area contributed by atoms with Crippen LogP contribution >= 0.6 is 24.0 Å². The van der Waals surface area contributed by atoms with Gasteiger partial charge in [0.15, 0.2) is 5.96 Å². The first-order valence-corrected chi connectivity index (χ1v) is 8.61. The predicted octanol–water partition coefficient (Wildman–Crippen LogP) is 1.72. The number of fused-ring (bicyclic) bond motifs is 5. The molecule has 6 heteroatoms. The molecule has 5 atom stereocenters. The van der Waals surface area contributed by atoms with Gasteiger partial charge in [0.05, 0.1) is 18.8 Å². The monoisotopic (exact) mass is 421 g/mol. The van der Waals surface area contributed by atoms with E-state index in [1.54, 1.807) is 0 Å². The molecule has 0 aliphatic carbocycles. The first kappa shape index (κ1) is 16.8. The van der Waals surface area contributed by atoms with E-state index in [2.05, 4.69) is 17.1 Å². The van der Waals surface area contributed by atoms with Crippen LogP contribution < -0.4 is 5.32 Å². The maximum Gasteiger partial charge on any atom is 0.193 e. The highest BCUT2D eigenvalue weighted by molar-refractivity contribution is 14.0. The van der Waals surface area contributed by atoms with Gasteiger partial charge >= 0.3 is 0 Å². The molecular formula is C16H28IN3O2. The number of guanidine groups is 1. The smallest absolute Gasteiger partial charge is 0.193 e. The average molecular weight is 421 g/mol. The summed E-state index contributed by atoms with van der Waals surface area (Å²) in [5.74, 6) is 3.20. The molecule has 0 aromatic carbocycles. The van der Waals surface area contributed by atoms with E-state index in [1.165, 1.54) is 12.8 Å². The Kier molecular flexibility index (Phi) is 5.50. The molecule has 0 amide bonds. The molecule has 4 aliphatic heterocycles. The Morgan fingerprint density at radius 3 is 2.50 bits per heavy atom. The molecule has 4 saturated heterocycles. The Balaban J connectivity index is 0.00000144. The molecule has 5 nitrogen and oxygen atoms in total. The van der Waals surface area contributed by atoms with Crippen LogP contribution in [0.5, 0.6) is 0 Å². The van der Waals surface area contributed by atoms with Crippen LogP contribution in [0.4, 0.5) is 0 Å². The van der Waals surface area contributed by atoms with Crippen molar-refractivity contribution in [3.8, 4) is 0 Å². The Labute approximate surface area is 150 Å². The number of nitrogens with zero attached hydrogens (tertiary/aromatic N) is 2. The van der Waals surface area contributed by atoms with Crippen LogP contribution in [0.3, 0.4) is 0 Å². The van der Waals surface area contributed by atoms with Crippen LogP contribution in [0.15, 0.2) is 4.99 Å². The molecule has 4 fully saturated rings. The van der Waals surface area contributed by atoms with Crippen LogP contribution in [0.25, 0.3) is 0 Å². The van der Waals surface area contributed by atoms with Crippen molar-refractivity contribution in [2.45, 2.75) is 38.4 Å². The van der Waals surface area contributed by atoms with E-state index in [9.17, 15) is 0 Å². The second kappa shape index (κ2) is 7.21. The second-order valence-electron chi connectivity index (χ2n) is 6.95. The van der Waals surface area contributed by atoms with E-state index >= 15 is 0 Å². The standard InChI is InChI=1S/C16H27N3O2.HI/c1-2-17-16(18-7-11-5-6-20-10-11)19-8-12-13(9-19)15-4-3-14(12)21-15;/h11-15H,2-10H2,1H3,(H,17,18);1H. The van der Waals surface area contributed by atoms with Gasteiger partial charge < -0.3 is 19.7 Å². The molecule has 4 aliphatic rings. The number of rotatable bonds is 3. The third-order valence-electron chi connectivity index (χ3n) is 5.61. The Morgan fingerprint density at radius 1 is 1.18 bits per heavy atom. The van der Waals surface area contributed by atoms with Gasteiger partial charge in [-0.15, -0.1) is 24.0 Å². The number of likely N-dealkylation sites (tertiary alicyclic amines) is 1. The first-order chi connectivity index (χ1) is 10.3. The predicted molar refractivity (Wildman–Crippen MR) is 96.8 cm³/mol. The molecule has 126 valence electrons. The van der Waals surface area contributed by atoms with Crippen LogP contribution in [0.2, 0.25) is 0 Å². The summed E-state index contributed by atoms with van der Waals surface area (Å²) in [6.07, 6.45) is 4.75. The van der Waals surface area contributed by atoms with Crippen molar-refractivity contribution in [2.24, 2.45) is 22.7 Å². The molecule has 0 saturated carbocycles. The van der Waals surface area contributed by atoms with Crippen LogP contribution in [-0.4, -0.2) is 62.5 Å². The van der Waals surface area contributed by atoms with E-state index in [-0.39, 0.29) is 24.0 Å². The van der Waals surface area contributed by atoms with Gasteiger partial charge in [-0.25, -0.2) is 0 Å². The minimum Gasteiger partial charge on any atom is -0.381 e. The molecule has 22 heavy (non-hydrogen) atoms. The average Bonchev–Trinajstić information content (AvgIpc) is 3.25. The number of aliphatic imine (C=N–C) groups is 1. The summed E-state index contributed by atoms with van der Waals surface area (Å²) >= 11 is 0. The molecule has 0 spiro atoms. The fraction of sp³-hybridized carbons (Fsp3) is 0.938. The maximum atomic E-state index is 6.07. The van der Waals surface area contributed by atoms with Crippen molar-refractivity contribution >= 4 is 29.9 Å². The lowest BCUT2D eigenvalue weighted by Crippen LogP contribution is -2.41. The lowest BCUT2D eigenvalue weighted by Gasteiger charge is -2.23. The highest BCUT2D eigenvalue weighted by atomic mass is 127. The lowest BCUT2D eigenvalue weighted by atomic mass is 9.82. The van der Waals surface area contributed by atoms with E-state index in [4.69, 9.17) is 14.5 Å². The fourth-order valence-electron chi connectivity index (χ4n) is 4.50. The largest absolute Gasteiger partial charge is 0.381 e. The Bertz CT molecular complexity index is 396. The number of hydrogen-bond acceptors (Lipinski definition) is 3. The van der Waals surface area contributed by atoms with E-state index in [0.29, 0.717) is 18.1 Å². The molecule has 5 unspecified atom stereocenters. The minimum absolute atomic E-state index is 0. The zero-order valence-corrected chi connectivity index (χ0v) is 15.7.